The highest BCUT2D eigenvalue weighted by Gasteiger charge is 2.14. The van der Waals surface area contributed by atoms with Gasteiger partial charge < -0.3 is 9.64 Å². The van der Waals surface area contributed by atoms with E-state index < -0.39 is 0 Å². The Bertz CT molecular complexity index is 828. The maximum atomic E-state index is 5.44. The van der Waals surface area contributed by atoms with Gasteiger partial charge in [0.25, 0.3) is 0 Å². The third kappa shape index (κ3) is 2.37. The van der Waals surface area contributed by atoms with E-state index in [1.807, 2.05) is 55.4 Å². The number of anilines is 1. The predicted molar refractivity (Wildman–Crippen MR) is 90.6 cm³/mol. The lowest BCUT2D eigenvalue weighted by atomic mass is 10.1. The number of methoxy groups -OCH3 is 1. The number of fused-ring (bicyclic) bond motifs is 1. The van der Waals surface area contributed by atoms with Gasteiger partial charge in [0, 0.05) is 19.5 Å². The smallest absolute Gasteiger partial charge is 0.165 e. The second-order valence-corrected chi connectivity index (χ2v) is 5.43. The van der Waals surface area contributed by atoms with E-state index in [2.05, 4.69) is 13.0 Å². The largest absolute Gasteiger partial charge is 0.496 e. The number of benzene rings is 2. The third-order valence-electron chi connectivity index (χ3n) is 3.68. The van der Waals surface area contributed by atoms with Crippen LogP contribution in [0.2, 0.25) is 0 Å². The summed E-state index contributed by atoms with van der Waals surface area (Å²) in [6.45, 7) is 2.08. The average Bonchev–Trinajstić information content (AvgIpc) is 2.54. The van der Waals surface area contributed by atoms with Crippen LogP contribution in [-0.2, 0) is 0 Å². The Balaban J connectivity index is 2.33. The van der Waals surface area contributed by atoms with Gasteiger partial charge in [0.2, 0.25) is 0 Å². The van der Waals surface area contributed by atoms with Crippen molar-refractivity contribution in [2.24, 2.45) is 0 Å². The van der Waals surface area contributed by atoms with Crippen LogP contribution in [-0.4, -0.2) is 31.2 Å². The molecule has 0 aliphatic carbocycles. The number of para-hydroxylation sites is 1. The molecule has 0 bridgehead atoms. The maximum absolute atomic E-state index is 5.44. The molecule has 0 atom stereocenters. The van der Waals surface area contributed by atoms with Crippen LogP contribution in [0.15, 0.2) is 42.5 Å². The highest BCUT2D eigenvalue weighted by Crippen LogP contribution is 2.32. The molecule has 0 aliphatic rings. The van der Waals surface area contributed by atoms with Crippen molar-refractivity contribution >= 4 is 16.7 Å². The Hall–Kier alpha value is -2.62. The van der Waals surface area contributed by atoms with Crippen LogP contribution >= 0.6 is 0 Å². The van der Waals surface area contributed by atoms with Crippen molar-refractivity contribution in [1.29, 1.82) is 0 Å². The minimum absolute atomic E-state index is 0.680. The molecule has 3 rings (SSSR count). The molecule has 0 radical (unpaired) electrons. The molecule has 112 valence electrons. The second kappa shape index (κ2) is 5.64. The Morgan fingerprint density at radius 1 is 0.955 bits per heavy atom. The average molecular weight is 293 g/mol. The monoisotopic (exact) mass is 293 g/mol. The summed E-state index contributed by atoms with van der Waals surface area (Å²) in [5, 5.41) is 1.09. The van der Waals surface area contributed by atoms with Gasteiger partial charge in [0.05, 0.1) is 18.2 Å². The molecule has 0 N–H and O–H groups in total. The van der Waals surface area contributed by atoms with Gasteiger partial charge in [-0.1, -0.05) is 24.3 Å². The molecular formula is C18H19N3O. The van der Waals surface area contributed by atoms with E-state index in [0.717, 1.165) is 28.0 Å². The van der Waals surface area contributed by atoms with Gasteiger partial charge in [-0.2, -0.15) is 0 Å². The van der Waals surface area contributed by atoms with Gasteiger partial charge in [-0.3, -0.25) is 0 Å². The van der Waals surface area contributed by atoms with Crippen molar-refractivity contribution in [3.8, 4) is 17.1 Å². The Morgan fingerprint density at radius 3 is 2.45 bits per heavy atom. The van der Waals surface area contributed by atoms with Gasteiger partial charge in [-0.15, -0.1) is 0 Å². The maximum Gasteiger partial charge on any atom is 0.165 e. The Morgan fingerprint density at radius 2 is 1.73 bits per heavy atom. The first-order chi connectivity index (χ1) is 10.6. The highest BCUT2D eigenvalue weighted by molar-refractivity contribution is 5.93. The zero-order chi connectivity index (χ0) is 15.7. The highest BCUT2D eigenvalue weighted by atomic mass is 16.5. The predicted octanol–water partition coefficient (Wildman–Crippen LogP) is 3.68. The first kappa shape index (κ1) is 14.3. The molecule has 0 spiro atoms. The van der Waals surface area contributed by atoms with Crippen LogP contribution in [0.25, 0.3) is 22.3 Å². The minimum atomic E-state index is 0.680. The first-order valence-electron chi connectivity index (χ1n) is 7.20. The fourth-order valence-electron chi connectivity index (χ4n) is 2.61. The summed E-state index contributed by atoms with van der Waals surface area (Å²) in [7, 11) is 5.66. The van der Waals surface area contributed by atoms with Gasteiger partial charge in [-0.05, 0) is 30.7 Å². The third-order valence-corrected chi connectivity index (χ3v) is 3.68. The lowest BCUT2D eigenvalue weighted by molar-refractivity contribution is 0.416. The lowest BCUT2D eigenvalue weighted by Gasteiger charge is -2.17. The van der Waals surface area contributed by atoms with Crippen molar-refractivity contribution in [3.05, 3.63) is 48.0 Å². The topological polar surface area (TPSA) is 38.2 Å². The van der Waals surface area contributed by atoms with E-state index >= 15 is 0 Å². The lowest BCUT2D eigenvalue weighted by Crippen LogP contribution is -2.13. The summed E-state index contributed by atoms with van der Waals surface area (Å²) in [6, 6.07) is 14.0. The molecule has 0 fully saturated rings. The van der Waals surface area contributed by atoms with Crippen molar-refractivity contribution in [2.45, 2.75) is 6.92 Å². The van der Waals surface area contributed by atoms with E-state index in [1.165, 1.54) is 5.56 Å². The molecule has 0 unspecified atom stereocenters. The summed E-state index contributed by atoms with van der Waals surface area (Å²) < 4.78 is 5.44. The normalized spacial score (nSPS) is 10.7. The van der Waals surface area contributed by atoms with Gasteiger partial charge >= 0.3 is 0 Å². The molecule has 2 aromatic carbocycles. The Labute approximate surface area is 130 Å². The van der Waals surface area contributed by atoms with Crippen LogP contribution < -0.4 is 9.64 Å². The van der Waals surface area contributed by atoms with Crippen molar-refractivity contribution in [1.82, 2.24) is 9.97 Å². The Kier molecular flexibility index (Phi) is 3.67. The summed E-state index contributed by atoms with van der Waals surface area (Å²) >= 11 is 0. The molecule has 0 amide bonds. The number of rotatable bonds is 3. The number of ether oxygens (including phenoxy) is 1. The van der Waals surface area contributed by atoms with Crippen LogP contribution in [0.5, 0.6) is 5.75 Å². The molecule has 0 aliphatic heterocycles. The molecule has 4 heteroatoms. The van der Waals surface area contributed by atoms with Gasteiger partial charge in [-0.25, -0.2) is 9.97 Å². The summed E-state index contributed by atoms with van der Waals surface area (Å²) in [6.07, 6.45) is 0. The molecule has 1 aromatic heterocycles. The number of aryl methyl sites for hydroxylation is 1. The first-order valence-corrected chi connectivity index (χ1v) is 7.20. The zero-order valence-corrected chi connectivity index (χ0v) is 13.3. The van der Waals surface area contributed by atoms with Gasteiger partial charge in [0.15, 0.2) is 5.82 Å². The summed E-state index contributed by atoms with van der Waals surface area (Å²) in [4.78, 5) is 11.5. The van der Waals surface area contributed by atoms with Crippen molar-refractivity contribution in [3.63, 3.8) is 0 Å². The minimum Gasteiger partial charge on any atom is -0.496 e. The molecule has 3 aromatic rings. The van der Waals surface area contributed by atoms with Crippen LogP contribution in [0.4, 0.5) is 5.82 Å². The molecule has 0 saturated carbocycles. The molecule has 0 saturated heterocycles. The van der Waals surface area contributed by atoms with Crippen molar-refractivity contribution in [2.75, 3.05) is 26.1 Å². The fourth-order valence-corrected chi connectivity index (χ4v) is 2.61. The second-order valence-electron chi connectivity index (χ2n) is 5.43. The summed E-state index contributed by atoms with van der Waals surface area (Å²) in [5.74, 6) is 2.38. The molecule has 22 heavy (non-hydrogen) atoms. The quantitative estimate of drug-likeness (QED) is 0.738. The molecule has 1 heterocycles. The zero-order valence-electron chi connectivity index (χ0n) is 13.3. The van der Waals surface area contributed by atoms with Crippen LogP contribution in [0.1, 0.15) is 5.56 Å². The number of nitrogens with zero attached hydrogens (tertiary/aromatic N) is 3. The van der Waals surface area contributed by atoms with Crippen LogP contribution in [0.3, 0.4) is 0 Å². The van der Waals surface area contributed by atoms with E-state index in [4.69, 9.17) is 14.7 Å². The fraction of sp³-hybridized carbons (Fsp3) is 0.222. The number of aromatic nitrogens is 2. The summed E-state index contributed by atoms with van der Waals surface area (Å²) in [5.41, 5.74) is 3.02. The SMILES string of the molecule is COc1ccccc1-c1nc(N(C)C)c2c(C)cccc2n1. The van der Waals surface area contributed by atoms with Gasteiger partial charge in [0.1, 0.15) is 11.6 Å². The number of hydrogen-bond donors (Lipinski definition) is 0. The van der Waals surface area contributed by atoms with Crippen molar-refractivity contribution < 1.29 is 4.74 Å². The van der Waals surface area contributed by atoms with Crippen LogP contribution in [0, 0.1) is 6.92 Å². The van der Waals surface area contributed by atoms with E-state index in [9.17, 15) is 0 Å². The standard InChI is InChI=1S/C18H19N3O/c1-12-8-7-10-14-16(12)18(21(2)3)20-17(19-14)13-9-5-6-11-15(13)22-4/h5-11H,1-4H3. The van der Waals surface area contributed by atoms with E-state index in [0.29, 0.717) is 5.82 Å². The van der Waals surface area contributed by atoms with E-state index in [-0.39, 0.29) is 0 Å². The molecule has 4 nitrogen and oxygen atoms in total. The number of hydrogen-bond acceptors (Lipinski definition) is 4. The molecular weight excluding hydrogens is 274 g/mol. The van der Waals surface area contributed by atoms with E-state index in [1.54, 1.807) is 7.11 Å².